The van der Waals surface area contributed by atoms with Crippen molar-refractivity contribution in [2.75, 3.05) is 6.54 Å². The lowest BCUT2D eigenvalue weighted by atomic mass is 10.1. The molecule has 0 bridgehead atoms. The molecule has 0 amide bonds. The van der Waals surface area contributed by atoms with E-state index in [1.807, 2.05) is 6.07 Å². The van der Waals surface area contributed by atoms with Gasteiger partial charge in [0.05, 0.1) is 13.2 Å². The number of aliphatic hydroxyl groups excluding tert-OH is 1. The molecular weight excluding hydrogens is 269 g/mol. The van der Waals surface area contributed by atoms with Crippen molar-refractivity contribution in [3.63, 3.8) is 0 Å². The molecule has 0 aromatic heterocycles. The zero-order valence-electron chi connectivity index (χ0n) is 11.5. The van der Waals surface area contributed by atoms with E-state index in [0.29, 0.717) is 22.4 Å². The predicted octanol–water partition coefficient (Wildman–Crippen LogP) is 2.21. The third kappa shape index (κ3) is 4.06. The van der Waals surface area contributed by atoms with E-state index in [1.165, 1.54) is 6.07 Å². The SMILES string of the molecule is NCC#Cc1ccc(COc2ccccc2CO)c(F)c1. The average molecular weight is 285 g/mol. The fourth-order valence-corrected chi connectivity index (χ4v) is 1.83. The van der Waals surface area contributed by atoms with Gasteiger partial charge in [0.1, 0.15) is 18.2 Å². The van der Waals surface area contributed by atoms with Crippen molar-refractivity contribution in [2.24, 2.45) is 5.73 Å². The Bertz CT molecular complexity index is 674. The van der Waals surface area contributed by atoms with Gasteiger partial charge in [-0.1, -0.05) is 36.1 Å². The van der Waals surface area contributed by atoms with Crippen LogP contribution in [0.25, 0.3) is 0 Å². The first-order valence-corrected chi connectivity index (χ1v) is 6.53. The fourth-order valence-electron chi connectivity index (χ4n) is 1.83. The molecule has 0 spiro atoms. The van der Waals surface area contributed by atoms with Crippen molar-refractivity contribution < 1.29 is 14.2 Å². The highest BCUT2D eigenvalue weighted by Crippen LogP contribution is 2.20. The average Bonchev–Trinajstić information content (AvgIpc) is 2.52. The molecule has 21 heavy (non-hydrogen) atoms. The van der Waals surface area contributed by atoms with Gasteiger partial charge >= 0.3 is 0 Å². The molecule has 0 aliphatic carbocycles. The molecule has 0 heterocycles. The van der Waals surface area contributed by atoms with Crippen LogP contribution in [0.5, 0.6) is 5.75 Å². The number of hydrogen-bond acceptors (Lipinski definition) is 3. The van der Waals surface area contributed by atoms with Gasteiger partial charge in [0, 0.05) is 16.7 Å². The standard InChI is InChI=1S/C17H16FNO2/c18-16-10-13(4-3-9-19)7-8-15(16)12-21-17-6-2-1-5-14(17)11-20/h1-2,5-8,10,20H,9,11-12,19H2. The molecule has 0 saturated heterocycles. The van der Waals surface area contributed by atoms with E-state index in [2.05, 4.69) is 11.8 Å². The van der Waals surface area contributed by atoms with Crippen LogP contribution in [0.15, 0.2) is 42.5 Å². The van der Waals surface area contributed by atoms with Crippen molar-refractivity contribution in [2.45, 2.75) is 13.2 Å². The summed E-state index contributed by atoms with van der Waals surface area (Å²) >= 11 is 0. The zero-order valence-corrected chi connectivity index (χ0v) is 11.5. The molecule has 0 fully saturated rings. The summed E-state index contributed by atoms with van der Waals surface area (Å²) in [6, 6.07) is 11.8. The molecular formula is C17H16FNO2. The van der Waals surface area contributed by atoms with Crippen LogP contribution in [0.2, 0.25) is 0 Å². The van der Waals surface area contributed by atoms with Gasteiger partial charge in [-0.15, -0.1) is 0 Å². The van der Waals surface area contributed by atoms with Gasteiger partial charge in [-0.05, 0) is 18.2 Å². The topological polar surface area (TPSA) is 55.5 Å². The number of hydrogen-bond donors (Lipinski definition) is 2. The van der Waals surface area contributed by atoms with Crippen molar-refractivity contribution in [1.29, 1.82) is 0 Å². The molecule has 0 atom stereocenters. The summed E-state index contributed by atoms with van der Waals surface area (Å²) in [6.45, 7) is 0.212. The van der Waals surface area contributed by atoms with Gasteiger partial charge in [-0.2, -0.15) is 0 Å². The Morgan fingerprint density at radius 1 is 1.14 bits per heavy atom. The van der Waals surface area contributed by atoms with E-state index in [9.17, 15) is 9.50 Å². The van der Waals surface area contributed by atoms with Crippen LogP contribution in [-0.4, -0.2) is 11.7 Å². The Balaban J connectivity index is 2.10. The number of ether oxygens (including phenoxy) is 1. The third-order valence-electron chi connectivity index (χ3n) is 2.91. The van der Waals surface area contributed by atoms with Crippen LogP contribution in [0, 0.1) is 17.7 Å². The summed E-state index contributed by atoms with van der Waals surface area (Å²) < 4.78 is 19.5. The number of aliphatic hydroxyl groups is 1. The summed E-state index contributed by atoms with van der Waals surface area (Å²) in [4.78, 5) is 0. The lowest BCUT2D eigenvalue weighted by Crippen LogP contribution is -2.01. The first-order chi connectivity index (χ1) is 10.2. The number of rotatable bonds is 4. The second-order valence-corrected chi connectivity index (χ2v) is 4.37. The van der Waals surface area contributed by atoms with Crippen LogP contribution in [0.3, 0.4) is 0 Å². The molecule has 3 N–H and O–H groups in total. The van der Waals surface area contributed by atoms with Crippen LogP contribution in [-0.2, 0) is 13.2 Å². The highest BCUT2D eigenvalue weighted by molar-refractivity contribution is 5.37. The van der Waals surface area contributed by atoms with Gasteiger partial charge < -0.3 is 15.6 Å². The van der Waals surface area contributed by atoms with Crippen molar-refractivity contribution >= 4 is 0 Å². The normalized spacial score (nSPS) is 9.86. The minimum Gasteiger partial charge on any atom is -0.488 e. The summed E-state index contributed by atoms with van der Waals surface area (Å²) in [6.07, 6.45) is 0. The number of halogens is 1. The highest BCUT2D eigenvalue weighted by atomic mass is 19.1. The first-order valence-electron chi connectivity index (χ1n) is 6.53. The molecule has 0 radical (unpaired) electrons. The summed E-state index contributed by atoms with van der Waals surface area (Å²) in [5.41, 5.74) is 6.96. The molecule has 0 saturated carbocycles. The molecule has 3 nitrogen and oxygen atoms in total. The summed E-state index contributed by atoms with van der Waals surface area (Å²) in [5, 5.41) is 9.21. The number of nitrogens with two attached hydrogens (primary N) is 1. The molecule has 108 valence electrons. The first kappa shape index (κ1) is 15.0. The van der Waals surface area contributed by atoms with Crippen molar-refractivity contribution in [3.8, 4) is 17.6 Å². The van der Waals surface area contributed by atoms with Gasteiger partial charge in [0.25, 0.3) is 0 Å². The maximum Gasteiger partial charge on any atom is 0.131 e. The second-order valence-electron chi connectivity index (χ2n) is 4.37. The molecule has 0 unspecified atom stereocenters. The smallest absolute Gasteiger partial charge is 0.131 e. The molecule has 2 aromatic rings. The minimum atomic E-state index is -0.375. The Kier molecular flexibility index (Phi) is 5.33. The third-order valence-corrected chi connectivity index (χ3v) is 2.91. The second kappa shape index (κ2) is 7.44. The largest absolute Gasteiger partial charge is 0.488 e. The number of para-hydroxylation sites is 1. The lowest BCUT2D eigenvalue weighted by molar-refractivity contribution is 0.257. The maximum atomic E-state index is 13.9. The molecule has 4 heteroatoms. The van der Waals surface area contributed by atoms with Gasteiger partial charge in [0.2, 0.25) is 0 Å². The van der Waals surface area contributed by atoms with Crippen LogP contribution >= 0.6 is 0 Å². The summed E-state index contributed by atoms with van der Waals surface area (Å²) in [7, 11) is 0. The molecule has 2 aromatic carbocycles. The Hall–Kier alpha value is -2.35. The minimum absolute atomic E-state index is 0.0907. The zero-order chi connectivity index (χ0) is 15.1. The molecule has 0 aliphatic rings. The van der Waals surface area contributed by atoms with E-state index in [0.717, 1.165) is 0 Å². The van der Waals surface area contributed by atoms with Crippen LogP contribution < -0.4 is 10.5 Å². The van der Waals surface area contributed by atoms with Crippen LogP contribution in [0.1, 0.15) is 16.7 Å². The van der Waals surface area contributed by atoms with E-state index in [1.54, 1.807) is 30.3 Å². The fraction of sp³-hybridized carbons (Fsp3) is 0.176. The quantitative estimate of drug-likeness (QED) is 0.847. The highest BCUT2D eigenvalue weighted by Gasteiger charge is 2.06. The predicted molar refractivity (Wildman–Crippen MR) is 79.0 cm³/mol. The Morgan fingerprint density at radius 3 is 2.67 bits per heavy atom. The van der Waals surface area contributed by atoms with Crippen molar-refractivity contribution in [3.05, 3.63) is 65.0 Å². The van der Waals surface area contributed by atoms with Gasteiger partial charge in [-0.3, -0.25) is 0 Å². The molecule has 0 aliphatic heterocycles. The van der Waals surface area contributed by atoms with Gasteiger partial charge in [-0.25, -0.2) is 4.39 Å². The lowest BCUT2D eigenvalue weighted by Gasteiger charge is -2.10. The van der Waals surface area contributed by atoms with E-state index in [4.69, 9.17) is 10.5 Å². The monoisotopic (exact) mass is 285 g/mol. The van der Waals surface area contributed by atoms with Gasteiger partial charge in [0.15, 0.2) is 0 Å². The number of benzene rings is 2. The van der Waals surface area contributed by atoms with E-state index < -0.39 is 0 Å². The Morgan fingerprint density at radius 2 is 1.95 bits per heavy atom. The van der Waals surface area contributed by atoms with Crippen LogP contribution in [0.4, 0.5) is 4.39 Å². The summed E-state index contributed by atoms with van der Waals surface area (Å²) in [5.74, 6) is 5.62. The Labute approximate surface area is 123 Å². The maximum absolute atomic E-state index is 13.9. The molecule has 2 rings (SSSR count). The van der Waals surface area contributed by atoms with Crippen molar-refractivity contribution in [1.82, 2.24) is 0 Å². The van der Waals surface area contributed by atoms with E-state index >= 15 is 0 Å². The van der Waals surface area contributed by atoms with E-state index in [-0.39, 0.29) is 25.6 Å².